The monoisotopic (exact) mass is 1070 g/mol. The van der Waals surface area contributed by atoms with Crippen molar-refractivity contribution in [3.8, 4) is 15.8 Å². The Hall–Kier alpha value is -3.55. The summed E-state index contributed by atoms with van der Waals surface area (Å²) < 4.78 is 2.50. The number of amides is 2. The van der Waals surface area contributed by atoms with Crippen molar-refractivity contribution in [2.45, 2.75) is 235 Å². The average Bonchev–Trinajstić information content (AvgIpc) is 4.29. The molecule has 1 aromatic carbocycles. The predicted octanol–water partition coefficient (Wildman–Crippen LogP) is 21.0. The number of hydrogen-bond donors (Lipinski definition) is 0. The highest BCUT2D eigenvalue weighted by molar-refractivity contribution is 7.30. The van der Waals surface area contributed by atoms with Crippen LogP contribution >= 0.6 is 45.3 Å². The number of thiophene rings is 4. The molecule has 0 aliphatic carbocycles. The van der Waals surface area contributed by atoms with Crippen LogP contribution in [0.1, 0.15) is 245 Å². The van der Waals surface area contributed by atoms with Gasteiger partial charge in [-0.1, -0.05) is 182 Å². The minimum absolute atomic E-state index is 0.0212. The molecule has 0 N–H and O–H groups in total. The number of carbonyl (C=O) groups is 2. The van der Waals surface area contributed by atoms with E-state index in [1.165, 1.54) is 183 Å². The Kier molecular flexibility index (Phi) is 23.4. The molecule has 0 radical (unpaired) electrons. The van der Waals surface area contributed by atoms with Crippen LogP contribution in [-0.4, -0.2) is 34.7 Å². The third-order valence-corrected chi connectivity index (χ3v) is 20.7. The van der Waals surface area contributed by atoms with Crippen molar-refractivity contribution >= 4 is 88.7 Å². The highest BCUT2D eigenvalue weighted by atomic mass is 32.1. The molecule has 9 heteroatoms. The molecule has 74 heavy (non-hydrogen) atoms. The maximum atomic E-state index is 15.8. The second-order valence-corrected chi connectivity index (χ2v) is 26.8. The van der Waals surface area contributed by atoms with E-state index in [2.05, 4.69) is 101 Å². The van der Waals surface area contributed by atoms with Crippen molar-refractivity contribution in [1.82, 2.24) is 9.80 Å². The summed E-state index contributed by atoms with van der Waals surface area (Å²) in [4.78, 5) is 42.7. The lowest BCUT2D eigenvalue weighted by atomic mass is 9.93. The van der Waals surface area contributed by atoms with E-state index in [4.69, 9.17) is 0 Å². The zero-order valence-corrected chi connectivity index (χ0v) is 50.1. The van der Waals surface area contributed by atoms with E-state index in [0.29, 0.717) is 36.1 Å². The van der Waals surface area contributed by atoms with Crippen molar-refractivity contribution in [2.75, 3.05) is 13.1 Å². The molecule has 5 nitrogen and oxygen atoms in total. The normalized spacial score (nSPS) is 14.8. The number of nitrogens with zero attached hydrogens (tertiary/aromatic N) is 3. The fourth-order valence-corrected chi connectivity index (χ4v) is 16.4. The first-order valence-corrected chi connectivity index (χ1v) is 33.1. The van der Waals surface area contributed by atoms with Crippen LogP contribution in [0.15, 0.2) is 47.5 Å². The number of benzene rings is 1. The van der Waals surface area contributed by atoms with Gasteiger partial charge in [-0.05, 0) is 112 Å². The summed E-state index contributed by atoms with van der Waals surface area (Å²) in [6.45, 7) is 17.0. The summed E-state index contributed by atoms with van der Waals surface area (Å²) in [5.41, 5.74) is 5.03. The van der Waals surface area contributed by atoms with E-state index in [1.807, 2.05) is 11.3 Å². The molecule has 0 spiro atoms. The van der Waals surface area contributed by atoms with Gasteiger partial charge in [0, 0.05) is 38.0 Å². The molecule has 2 aliphatic heterocycles. The zero-order valence-electron chi connectivity index (χ0n) is 46.8. The third kappa shape index (κ3) is 14.5. The maximum absolute atomic E-state index is 15.8. The van der Waals surface area contributed by atoms with E-state index < -0.39 is 0 Å². The number of aryl methyl sites for hydroxylation is 3. The molecule has 2 atom stereocenters. The largest absolute Gasteiger partial charge is 0.306 e. The second kappa shape index (κ2) is 29.8. The molecular formula is C65H91N3O2S4. The fourth-order valence-electron chi connectivity index (χ4n) is 11.9. The van der Waals surface area contributed by atoms with Crippen LogP contribution < -0.4 is 0 Å². The first kappa shape index (κ1) is 58.1. The minimum Gasteiger partial charge on any atom is -0.306 e. The Morgan fingerprint density at radius 1 is 0.459 bits per heavy atom. The molecule has 0 saturated carbocycles. The number of hydrogen-bond acceptors (Lipinski definition) is 7. The molecule has 402 valence electrons. The first-order chi connectivity index (χ1) is 36.2. The Bertz CT molecular complexity index is 2700. The quantitative estimate of drug-likeness (QED) is 0.0376. The molecule has 7 rings (SSSR count). The average molecular weight is 1070 g/mol. The Balaban J connectivity index is 1.32. The number of fused-ring (bicyclic) bond motifs is 4. The highest BCUT2D eigenvalue weighted by Gasteiger charge is 2.50. The summed E-state index contributed by atoms with van der Waals surface area (Å²) in [6.07, 6.45) is 34.8. The van der Waals surface area contributed by atoms with Gasteiger partial charge in [0.25, 0.3) is 11.8 Å². The Morgan fingerprint density at radius 2 is 0.892 bits per heavy atom. The summed E-state index contributed by atoms with van der Waals surface area (Å²) in [6, 6.07) is 16.1. The summed E-state index contributed by atoms with van der Waals surface area (Å²) in [5, 5.41) is 13.0. The van der Waals surface area contributed by atoms with Gasteiger partial charge < -0.3 is 9.80 Å². The van der Waals surface area contributed by atoms with Gasteiger partial charge in [-0.15, -0.1) is 45.3 Å². The maximum Gasteiger partial charge on any atom is 0.261 e. The van der Waals surface area contributed by atoms with Crippen molar-refractivity contribution in [1.29, 1.82) is 5.26 Å². The SMILES string of the molecule is CCCCCCCCC(CCCCCC)CN1C(=O)C2=C(c3ccc(-c4cc5c(CCCCCC)c(C#N)c6cc(C)sc6c5s4)s3)N(CC(CCCCCC)CCCCCCCC)C(=O)C2=C1c1ccc(C)s1. The summed E-state index contributed by atoms with van der Waals surface area (Å²) >= 11 is 7.12. The van der Waals surface area contributed by atoms with Crippen LogP contribution in [-0.2, 0) is 16.0 Å². The van der Waals surface area contributed by atoms with E-state index >= 15 is 9.59 Å². The molecule has 0 fully saturated rings. The van der Waals surface area contributed by atoms with Crippen molar-refractivity contribution in [3.63, 3.8) is 0 Å². The van der Waals surface area contributed by atoms with Gasteiger partial charge in [0.05, 0.1) is 47.3 Å². The lowest BCUT2D eigenvalue weighted by Crippen LogP contribution is -2.34. The van der Waals surface area contributed by atoms with E-state index in [-0.39, 0.29) is 11.8 Å². The van der Waals surface area contributed by atoms with Gasteiger partial charge in [-0.25, -0.2) is 0 Å². The molecule has 2 unspecified atom stereocenters. The lowest BCUT2D eigenvalue weighted by Gasteiger charge is -2.29. The molecule has 6 heterocycles. The van der Waals surface area contributed by atoms with E-state index in [0.717, 1.165) is 75.5 Å². The molecule has 0 bridgehead atoms. The summed E-state index contributed by atoms with van der Waals surface area (Å²) in [7, 11) is 0. The standard InChI is InChI=1S/C65H91N3O2S4/c1-8-13-18-23-25-29-34-48(32-27-20-15-10-3)44-67-60(55-38-37-46(6)71-55)58-59(65(67)70)61(68(64(58)69)45-49(33-28-21-16-11-4)35-30-26-24-19-14-9-2)56-40-39-54(73-56)57-42-52-50(36-31-22-17-12-5)53(43-66)51-41-47(7)72-62(51)63(52)74-57/h37-42,48-49H,8-36,44-45H2,1-7H3. The topological polar surface area (TPSA) is 64.4 Å². The van der Waals surface area contributed by atoms with Gasteiger partial charge in [0.15, 0.2) is 0 Å². The number of nitriles is 1. The Labute approximate surface area is 463 Å². The minimum atomic E-state index is 0.0212. The fraction of sp³-hybridized carbons (Fsp3) is 0.615. The number of unbranched alkanes of at least 4 members (excludes halogenated alkanes) is 19. The molecule has 0 saturated heterocycles. The second-order valence-electron chi connectivity index (χ2n) is 22.1. The molecule has 2 aliphatic rings. The van der Waals surface area contributed by atoms with Crippen LogP contribution in [0.4, 0.5) is 0 Å². The van der Waals surface area contributed by atoms with E-state index in [1.54, 1.807) is 34.0 Å². The van der Waals surface area contributed by atoms with Crippen LogP contribution in [0.3, 0.4) is 0 Å². The Morgan fingerprint density at radius 3 is 1.38 bits per heavy atom. The van der Waals surface area contributed by atoms with E-state index in [9.17, 15) is 5.26 Å². The van der Waals surface area contributed by atoms with Crippen molar-refractivity contribution in [3.05, 3.63) is 78.2 Å². The van der Waals surface area contributed by atoms with Gasteiger partial charge in [-0.3, -0.25) is 9.59 Å². The van der Waals surface area contributed by atoms with Crippen LogP contribution in [0.25, 0.3) is 41.3 Å². The number of carbonyl (C=O) groups excluding carboxylic acids is 2. The van der Waals surface area contributed by atoms with Gasteiger partial charge in [0.2, 0.25) is 0 Å². The molecular weight excluding hydrogens is 983 g/mol. The molecule has 4 aromatic heterocycles. The highest BCUT2D eigenvalue weighted by Crippen LogP contribution is 2.52. The van der Waals surface area contributed by atoms with Crippen LogP contribution in [0.5, 0.6) is 0 Å². The molecule has 2 amide bonds. The van der Waals surface area contributed by atoms with Crippen molar-refractivity contribution < 1.29 is 9.59 Å². The van der Waals surface area contributed by atoms with Gasteiger partial charge >= 0.3 is 0 Å². The smallest absolute Gasteiger partial charge is 0.261 e. The van der Waals surface area contributed by atoms with Gasteiger partial charge in [0.1, 0.15) is 6.07 Å². The predicted molar refractivity (Wildman–Crippen MR) is 325 cm³/mol. The van der Waals surface area contributed by atoms with Crippen molar-refractivity contribution in [2.24, 2.45) is 11.8 Å². The van der Waals surface area contributed by atoms with Crippen LogP contribution in [0.2, 0.25) is 0 Å². The first-order valence-electron chi connectivity index (χ1n) is 29.9. The third-order valence-electron chi connectivity index (χ3n) is 16.1. The van der Waals surface area contributed by atoms with Gasteiger partial charge in [-0.2, -0.15) is 5.26 Å². The van der Waals surface area contributed by atoms with Crippen LogP contribution in [0, 0.1) is 37.0 Å². The lowest BCUT2D eigenvalue weighted by molar-refractivity contribution is -0.124. The number of rotatable bonds is 36. The zero-order chi connectivity index (χ0) is 52.4. The molecule has 5 aromatic rings. The summed E-state index contributed by atoms with van der Waals surface area (Å²) in [5.74, 6) is 0.792.